The minimum absolute atomic E-state index is 0.0356. The van der Waals surface area contributed by atoms with Crippen LogP contribution in [0.25, 0.3) is 0 Å². The maximum absolute atomic E-state index is 11.3. The van der Waals surface area contributed by atoms with Crippen molar-refractivity contribution in [1.82, 2.24) is 5.32 Å². The highest BCUT2D eigenvalue weighted by molar-refractivity contribution is 5.81. The molecule has 2 rings (SSSR count). The van der Waals surface area contributed by atoms with E-state index in [0.29, 0.717) is 5.75 Å². The van der Waals surface area contributed by atoms with E-state index in [2.05, 4.69) is 5.32 Å². The van der Waals surface area contributed by atoms with E-state index in [0.717, 1.165) is 0 Å². The van der Waals surface area contributed by atoms with E-state index in [4.69, 9.17) is 9.47 Å². The fourth-order valence-corrected chi connectivity index (χ4v) is 1.46. The third kappa shape index (κ3) is 2.12. The van der Waals surface area contributed by atoms with Crippen LogP contribution in [0.15, 0.2) is 18.2 Å². The van der Waals surface area contributed by atoms with Gasteiger partial charge in [-0.15, -0.1) is 0 Å². The largest absolute Gasteiger partial charge is 0.485 e. The molecule has 1 atom stereocenters. The van der Waals surface area contributed by atoms with E-state index >= 15 is 0 Å². The zero-order valence-corrected chi connectivity index (χ0v) is 9.00. The Kier molecular flexibility index (Phi) is 2.82. The number of nitrogens with zero attached hydrogens (tertiary/aromatic N) is 1. The summed E-state index contributed by atoms with van der Waals surface area (Å²) in [6.45, 7) is 0.0356. The van der Waals surface area contributed by atoms with Gasteiger partial charge in [-0.3, -0.25) is 14.9 Å². The zero-order chi connectivity index (χ0) is 12.4. The van der Waals surface area contributed by atoms with Crippen LogP contribution in [0.2, 0.25) is 0 Å². The normalized spacial score (nSPS) is 17.4. The number of carbonyl (C=O) groups is 1. The van der Waals surface area contributed by atoms with Crippen molar-refractivity contribution in [2.45, 2.75) is 6.10 Å². The van der Waals surface area contributed by atoms with Gasteiger partial charge < -0.3 is 14.8 Å². The lowest BCUT2D eigenvalue weighted by molar-refractivity contribution is -0.385. The molecule has 7 nitrogen and oxygen atoms in total. The summed E-state index contributed by atoms with van der Waals surface area (Å²) in [7, 11) is 1.50. The molecule has 1 amide bonds. The van der Waals surface area contributed by atoms with Crippen molar-refractivity contribution in [1.29, 1.82) is 0 Å². The lowest BCUT2D eigenvalue weighted by atomic mass is 10.2. The van der Waals surface area contributed by atoms with E-state index in [9.17, 15) is 14.9 Å². The molecule has 0 spiro atoms. The maximum atomic E-state index is 11.3. The van der Waals surface area contributed by atoms with Crippen molar-refractivity contribution in [2.24, 2.45) is 0 Å². The van der Waals surface area contributed by atoms with Gasteiger partial charge in [0, 0.05) is 13.1 Å². The van der Waals surface area contributed by atoms with Gasteiger partial charge in [-0.05, 0) is 6.07 Å². The molecule has 1 aliphatic rings. The molecule has 0 saturated heterocycles. The number of likely N-dealkylation sites (N-methyl/N-ethyl adjacent to an activating group) is 1. The molecule has 17 heavy (non-hydrogen) atoms. The molecule has 1 aliphatic heterocycles. The SMILES string of the molecule is CNC(=O)C1COc2cc([N+](=O)[O-])ccc2O1. The van der Waals surface area contributed by atoms with Gasteiger partial charge in [-0.2, -0.15) is 0 Å². The monoisotopic (exact) mass is 238 g/mol. The topological polar surface area (TPSA) is 90.7 Å². The van der Waals surface area contributed by atoms with Crippen LogP contribution in [0.3, 0.4) is 0 Å². The van der Waals surface area contributed by atoms with Gasteiger partial charge in [-0.25, -0.2) is 0 Å². The van der Waals surface area contributed by atoms with Gasteiger partial charge in [-0.1, -0.05) is 0 Å². The van der Waals surface area contributed by atoms with Crippen molar-refractivity contribution in [3.63, 3.8) is 0 Å². The zero-order valence-electron chi connectivity index (χ0n) is 9.00. The lowest BCUT2D eigenvalue weighted by Crippen LogP contribution is -2.42. The number of hydrogen-bond donors (Lipinski definition) is 1. The van der Waals surface area contributed by atoms with Gasteiger partial charge in [0.25, 0.3) is 11.6 Å². The van der Waals surface area contributed by atoms with Crippen LogP contribution in [0, 0.1) is 10.1 Å². The van der Waals surface area contributed by atoms with Crippen LogP contribution in [-0.4, -0.2) is 30.6 Å². The molecule has 90 valence electrons. The quantitative estimate of drug-likeness (QED) is 0.597. The summed E-state index contributed by atoms with van der Waals surface area (Å²) in [6, 6.07) is 3.99. The Morgan fingerprint density at radius 1 is 1.53 bits per heavy atom. The predicted octanol–water partition coefficient (Wildman–Crippen LogP) is 0.481. The van der Waals surface area contributed by atoms with Crippen molar-refractivity contribution in [3.8, 4) is 11.5 Å². The van der Waals surface area contributed by atoms with Crippen LogP contribution in [-0.2, 0) is 4.79 Å². The summed E-state index contributed by atoms with van der Waals surface area (Å²) in [5.41, 5.74) is -0.0780. The van der Waals surface area contributed by atoms with E-state index < -0.39 is 11.0 Å². The number of non-ortho nitro benzene ring substituents is 1. The molecular weight excluding hydrogens is 228 g/mol. The Balaban J connectivity index is 2.23. The van der Waals surface area contributed by atoms with Gasteiger partial charge >= 0.3 is 0 Å². The Bertz CT molecular complexity index is 474. The van der Waals surface area contributed by atoms with Gasteiger partial charge in [0.2, 0.25) is 6.10 Å². The summed E-state index contributed by atoms with van der Waals surface area (Å²) in [6.07, 6.45) is -0.728. The average molecular weight is 238 g/mol. The Morgan fingerprint density at radius 3 is 2.94 bits per heavy atom. The van der Waals surface area contributed by atoms with Crippen LogP contribution < -0.4 is 14.8 Å². The molecule has 0 fully saturated rings. The summed E-state index contributed by atoms with van der Waals surface area (Å²) in [5, 5.41) is 13.0. The summed E-state index contributed by atoms with van der Waals surface area (Å²) in [5.74, 6) is 0.309. The van der Waals surface area contributed by atoms with Crippen molar-refractivity contribution < 1.29 is 19.2 Å². The van der Waals surface area contributed by atoms with Gasteiger partial charge in [0.05, 0.1) is 11.0 Å². The Hall–Kier alpha value is -2.31. The Morgan fingerprint density at radius 2 is 2.29 bits per heavy atom. The molecule has 0 radical (unpaired) electrons. The number of ether oxygens (including phenoxy) is 2. The van der Waals surface area contributed by atoms with Crippen LogP contribution in [0.4, 0.5) is 5.69 Å². The number of nitrogens with one attached hydrogen (secondary N) is 1. The van der Waals surface area contributed by atoms with E-state index in [1.807, 2.05) is 0 Å². The number of amides is 1. The summed E-state index contributed by atoms with van der Waals surface area (Å²) in [4.78, 5) is 21.4. The highest BCUT2D eigenvalue weighted by Crippen LogP contribution is 2.34. The van der Waals surface area contributed by atoms with E-state index in [-0.39, 0.29) is 24.0 Å². The molecule has 1 N–H and O–H groups in total. The van der Waals surface area contributed by atoms with Crippen LogP contribution >= 0.6 is 0 Å². The van der Waals surface area contributed by atoms with Gasteiger partial charge in [0.15, 0.2) is 11.5 Å². The molecule has 0 saturated carbocycles. The Labute approximate surface area is 96.5 Å². The van der Waals surface area contributed by atoms with E-state index in [1.165, 1.54) is 25.2 Å². The smallest absolute Gasteiger partial charge is 0.273 e. The highest BCUT2D eigenvalue weighted by Gasteiger charge is 2.27. The first-order valence-electron chi connectivity index (χ1n) is 4.91. The first-order valence-corrected chi connectivity index (χ1v) is 4.91. The number of nitro benzene ring substituents is 1. The van der Waals surface area contributed by atoms with Crippen molar-refractivity contribution >= 4 is 11.6 Å². The third-order valence-electron chi connectivity index (χ3n) is 2.34. The second kappa shape index (κ2) is 4.28. The molecule has 1 heterocycles. The van der Waals surface area contributed by atoms with Gasteiger partial charge in [0.1, 0.15) is 6.61 Å². The molecule has 7 heteroatoms. The fraction of sp³-hybridized carbons (Fsp3) is 0.300. The van der Waals surface area contributed by atoms with Crippen molar-refractivity contribution in [2.75, 3.05) is 13.7 Å². The number of rotatable bonds is 2. The fourth-order valence-electron chi connectivity index (χ4n) is 1.46. The predicted molar refractivity (Wildman–Crippen MR) is 57.1 cm³/mol. The third-order valence-corrected chi connectivity index (χ3v) is 2.34. The number of benzene rings is 1. The molecule has 0 bridgehead atoms. The highest BCUT2D eigenvalue weighted by atomic mass is 16.6. The minimum Gasteiger partial charge on any atom is -0.485 e. The number of fused-ring (bicyclic) bond motifs is 1. The first-order chi connectivity index (χ1) is 8.11. The molecule has 1 unspecified atom stereocenters. The maximum Gasteiger partial charge on any atom is 0.273 e. The molecule has 1 aromatic carbocycles. The van der Waals surface area contributed by atoms with Crippen LogP contribution in [0.5, 0.6) is 11.5 Å². The van der Waals surface area contributed by atoms with Crippen molar-refractivity contribution in [3.05, 3.63) is 28.3 Å². The molecule has 1 aromatic rings. The molecule has 0 aliphatic carbocycles. The number of carbonyl (C=O) groups excluding carboxylic acids is 1. The van der Waals surface area contributed by atoms with Crippen LogP contribution in [0.1, 0.15) is 0 Å². The second-order valence-corrected chi connectivity index (χ2v) is 3.42. The number of nitro groups is 1. The first kappa shape index (κ1) is 11.2. The minimum atomic E-state index is -0.728. The average Bonchev–Trinajstić information content (AvgIpc) is 2.36. The van der Waals surface area contributed by atoms with E-state index in [1.54, 1.807) is 0 Å². The number of hydrogen-bond acceptors (Lipinski definition) is 5. The summed E-state index contributed by atoms with van der Waals surface area (Å²) >= 11 is 0. The standard InChI is InChI=1S/C10H10N2O5/c1-11-10(13)9-5-16-8-4-6(12(14)15)2-3-7(8)17-9/h2-4,9H,5H2,1H3,(H,11,13). The molecular formula is C10H10N2O5. The lowest BCUT2D eigenvalue weighted by Gasteiger charge is -2.24. The molecule has 0 aromatic heterocycles. The summed E-state index contributed by atoms with van der Waals surface area (Å²) < 4.78 is 10.6. The second-order valence-electron chi connectivity index (χ2n) is 3.42.